The first-order chi connectivity index (χ1) is 11.2. The molecule has 0 radical (unpaired) electrons. The lowest BCUT2D eigenvalue weighted by molar-refractivity contribution is -0.131. The Labute approximate surface area is 136 Å². The van der Waals surface area contributed by atoms with Crippen LogP contribution in [0.5, 0.6) is 0 Å². The second-order valence-corrected chi connectivity index (χ2v) is 5.28. The first-order valence-corrected chi connectivity index (χ1v) is 7.84. The fraction of sp³-hybridized carbons (Fsp3) is 0.333. The van der Waals surface area contributed by atoms with Crippen LogP contribution in [-0.2, 0) is 11.3 Å². The van der Waals surface area contributed by atoms with Gasteiger partial charge in [0.15, 0.2) is 5.76 Å². The Bertz CT molecular complexity index is 608. The number of hydrogen-bond donors (Lipinski definition) is 1. The third-order valence-corrected chi connectivity index (χ3v) is 3.43. The average Bonchev–Trinajstić information content (AvgIpc) is 3.10. The standard InChI is InChI=1S/C18H22N2O3/c1-2-12-20(14-15-7-4-3-5-8-15)17(21)10-11-19-18(22)16-9-6-13-23-16/h3-9,13H,2,10-12,14H2,1H3,(H,19,22). The SMILES string of the molecule is CCCN(Cc1ccccc1)C(=O)CCNC(=O)c1ccco1. The summed E-state index contributed by atoms with van der Waals surface area (Å²) in [5.74, 6) is -0.00417. The molecule has 0 spiro atoms. The summed E-state index contributed by atoms with van der Waals surface area (Å²) in [6.45, 7) is 3.65. The van der Waals surface area contributed by atoms with Crippen molar-refractivity contribution >= 4 is 11.8 Å². The zero-order chi connectivity index (χ0) is 16.5. The van der Waals surface area contributed by atoms with Crippen molar-refractivity contribution in [2.24, 2.45) is 0 Å². The smallest absolute Gasteiger partial charge is 0.286 e. The van der Waals surface area contributed by atoms with Gasteiger partial charge in [0, 0.05) is 26.1 Å². The van der Waals surface area contributed by atoms with E-state index in [1.807, 2.05) is 42.2 Å². The molecule has 122 valence electrons. The normalized spacial score (nSPS) is 10.3. The van der Waals surface area contributed by atoms with E-state index < -0.39 is 0 Å². The number of furan rings is 1. The van der Waals surface area contributed by atoms with Gasteiger partial charge in [-0.15, -0.1) is 0 Å². The molecule has 1 N–H and O–H groups in total. The zero-order valence-electron chi connectivity index (χ0n) is 13.3. The highest BCUT2D eigenvalue weighted by Crippen LogP contribution is 2.07. The van der Waals surface area contributed by atoms with Crippen LogP contribution in [0, 0.1) is 0 Å². The van der Waals surface area contributed by atoms with Crippen LogP contribution in [0.25, 0.3) is 0 Å². The highest BCUT2D eigenvalue weighted by atomic mass is 16.3. The zero-order valence-corrected chi connectivity index (χ0v) is 13.3. The summed E-state index contributed by atoms with van der Waals surface area (Å²) in [5.41, 5.74) is 1.11. The molecule has 0 fully saturated rings. The van der Waals surface area contributed by atoms with Crippen molar-refractivity contribution in [1.29, 1.82) is 0 Å². The molecule has 0 bridgehead atoms. The summed E-state index contributed by atoms with van der Waals surface area (Å²) >= 11 is 0. The highest BCUT2D eigenvalue weighted by Gasteiger charge is 2.14. The van der Waals surface area contributed by atoms with Crippen molar-refractivity contribution in [1.82, 2.24) is 10.2 Å². The van der Waals surface area contributed by atoms with Gasteiger partial charge in [-0.05, 0) is 24.1 Å². The van der Waals surface area contributed by atoms with E-state index in [1.54, 1.807) is 12.1 Å². The van der Waals surface area contributed by atoms with E-state index >= 15 is 0 Å². The second kappa shape index (κ2) is 8.78. The van der Waals surface area contributed by atoms with Crippen molar-refractivity contribution in [3.8, 4) is 0 Å². The van der Waals surface area contributed by atoms with Crippen molar-refractivity contribution in [2.45, 2.75) is 26.3 Å². The fourth-order valence-electron chi connectivity index (χ4n) is 2.30. The Morgan fingerprint density at radius 1 is 1.13 bits per heavy atom. The maximum atomic E-state index is 12.4. The largest absolute Gasteiger partial charge is 0.459 e. The minimum Gasteiger partial charge on any atom is -0.459 e. The van der Waals surface area contributed by atoms with Crippen LogP contribution in [0.1, 0.15) is 35.9 Å². The summed E-state index contributed by atoms with van der Waals surface area (Å²) in [7, 11) is 0. The first-order valence-electron chi connectivity index (χ1n) is 7.84. The number of benzene rings is 1. The molecule has 1 aromatic heterocycles. The van der Waals surface area contributed by atoms with Crippen LogP contribution < -0.4 is 5.32 Å². The van der Waals surface area contributed by atoms with Gasteiger partial charge in [-0.2, -0.15) is 0 Å². The fourth-order valence-corrected chi connectivity index (χ4v) is 2.30. The van der Waals surface area contributed by atoms with Gasteiger partial charge in [0.2, 0.25) is 5.91 Å². The molecule has 5 heteroatoms. The van der Waals surface area contributed by atoms with Crippen molar-refractivity contribution in [3.63, 3.8) is 0 Å². The minimum absolute atomic E-state index is 0.0375. The van der Waals surface area contributed by atoms with Crippen LogP contribution in [0.3, 0.4) is 0 Å². The minimum atomic E-state index is -0.298. The third-order valence-electron chi connectivity index (χ3n) is 3.43. The van der Waals surface area contributed by atoms with Crippen LogP contribution in [-0.4, -0.2) is 29.8 Å². The lowest BCUT2D eigenvalue weighted by Crippen LogP contribution is -2.34. The number of carbonyl (C=O) groups excluding carboxylic acids is 2. The maximum Gasteiger partial charge on any atom is 0.286 e. The van der Waals surface area contributed by atoms with Crippen LogP contribution in [0.15, 0.2) is 53.1 Å². The molecule has 0 unspecified atom stereocenters. The van der Waals surface area contributed by atoms with Gasteiger partial charge in [0.05, 0.1) is 6.26 Å². The van der Waals surface area contributed by atoms with Gasteiger partial charge < -0.3 is 14.6 Å². The molecule has 1 heterocycles. The van der Waals surface area contributed by atoms with E-state index in [2.05, 4.69) is 5.32 Å². The van der Waals surface area contributed by atoms with Gasteiger partial charge in [0.1, 0.15) is 0 Å². The monoisotopic (exact) mass is 314 g/mol. The van der Waals surface area contributed by atoms with Crippen molar-refractivity contribution in [2.75, 3.05) is 13.1 Å². The molecule has 0 aliphatic heterocycles. The molecule has 2 amide bonds. The lowest BCUT2D eigenvalue weighted by Gasteiger charge is -2.22. The number of hydrogen-bond acceptors (Lipinski definition) is 3. The quantitative estimate of drug-likeness (QED) is 0.815. The number of nitrogens with one attached hydrogen (secondary N) is 1. The van der Waals surface area contributed by atoms with Crippen LogP contribution in [0.4, 0.5) is 0 Å². The predicted octanol–water partition coefficient (Wildman–Crippen LogP) is 2.84. The van der Waals surface area contributed by atoms with E-state index in [-0.39, 0.29) is 24.0 Å². The Kier molecular flexibility index (Phi) is 6.41. The molecule has 0 saturated carbocycles. The van der Waals surface area contributed by atoms with E-state index in [4.69, 9.17) is 4.42 Å². The van der Waals surface area contributed by atoms with Gasteiger partial charge in [-0.1, -0.05) is 37.3 Å². The number of amides is 2. The molecule has 1 aromatic carbocycles. The number of carbonyl (C=O) groups is 2. The van der Waals surface area contributed by atoms with Gasteiger partial charge in [0.25, 0.3) is 5.91 Å². The number of nitrogens with zero attached hydrogens (tertiary/aromatic N) is 1. The molecular weight excluding hydrogens is 292 g/mol. The molecular formula is C18H22N2O3. The number of rotatable bonds is 8. The van der Waals surface area contributed by atoms with E-state index in [0.717, 1.165) is 12.0 Å². The first kappa shape index (κ1) is 16.8. The van der Waals surface area contributed by atoms with E-state index in [1.165, 1.54) is 6.26 Å². The Morgan fingerprint density at radius 2 is 1.91 bits per heavy atom. The summed E-state index contributed by atoms with van der Waals surface area (Å²) in [5, 5.41) is 2.70. The highest BCUT2D eigenvalue weighted by molar-refractivity contribution is 5.91. The molecule has 2 aromatic rings. The summed E-state index contributed by atoms with van der Waals surface area (Å²) in [6.07, 6.45) is 2.62. The Balaban J connectivity index is 1.82. The van der Waals surface area contributed by atoms with Gasteiger partial charge in [-0.3, -0.25) is 9.59 Å². The average molecular weight is 314 g/mol. The summed E-state index contributed by atoms with van der Waals surface area (Å²) in [6, 6.07) is 13.2. The maximum absolute atomic E-state index is 12.4. The second-order valence-electron chi connectivity index (χ2n) is 5.28. The van der Waals surface area contributed by atoms with Gasteiger partial charge >= 0.3 is 0 Å². The van der Waals surface area contributed by atoms with Crippen molar-refractivity contribution < 1.29 is 14.0 Å². The van der Waals surface area contributed by atoms with Crippen molar-refractivity contribution in [3.05, 3.63) is 60.1 Å². The topological polar surface area (TPSA) is 62.6 Å². The van der Waals surface area contributed by atoms with E-state index in [0.29, 0.717) is 19.6 Å². The molecule has 0 saturated heterocycles. The molecule has 2 rings (SSSR count). The Morgan fingerprint density at radius 3 is 2.57 bits per heavy atom. The van der Waals surface area contributed by atoms with Crippen LogP contribution >= 0.6 is 0 Å². The van der Waals surface area contributed by atoms with Gasteiger partial charge in [-0.25, -0.2) is 0 Å². The predicted molar refractivity (Wildman–Crippen MR) is 87.8 cm³/mol. The summed E-state index contributed by atoms with van der Waals surface area (Å²) in [4.78, 5) is 25.9. The summed E-state index contributed by atoms with van der Waals surface area (Å²) < 4.78 is 5.01. The molecule has 0 atom stereocenters. The molecule has 5 nitrogen and oxygen atoms in total. The van der Waals surface area contributed by atoms with Crippen LogP contribution in [0.2, 0.25) is 0 Å². The lowest BCUT2D eigenvalue weighted by atomic mass is 10.2. The Hall–Kier alpha value is -2.56. The van der Waals surface area contributed by atoms with E-state index in [9.17, 15) is 9.59 Å². The molecule has 0 aliphatic carbocycles. The third kappa shape index (κ3) is 5.29. The molecule has 23 heavy (non-hydrogen) atoms. The molecule has 0 aliphatic rings.